The van der Waals surface area contributed by atoms with Crippen LogP contribution in [0.1, 0.15) is 23.7 Å². The van der Waals surface area contributed by atoms with Crippen molar-refractivity contribution in [2.45, 2.75) is 18.9 Å². The van der Waals surface area contributed by atoms with Gasteiger partial charge in [0, 0.05) is 42.3 Å². The van der Waals surface area contributed by atoms with Crippen LogP contribution in [0.4, 0.5) is 0 Å². The number of nitrogens with zero attached hydrogens (tertiary/aromatic N) is 2. The fraction of sp³-hybridized carbons (Fsp3) is 0.200. The molecule has 1 aromatic carbocycles. The molecule has 0 radical (unpaired) electrons. The first-order chi connectivity index (χ1) is 12.2. The van der Waals surface area contributed by atoms with Gasteiger partial charge in [0.15, 0.2) is 0 Å². The van der Waals surface area contributed by atoms with Crippen LogP contribution in [0.15, 0.2) is 73.2 Å². The minimum atomic E-state index is -0.0536. The van der Waals surface area contributed by atoms with Gasteiger partial charge in [-0.25, -0.2) is 0 Å². The van der Waals surface area contributed by atoms with Crippen molar-refractivity contribution in [1.82, 2.24) is 14.9 Å². The number of nitrogens with one attached hydrogen (secondary N) is 1. The lowest BCUT2D eigenvalue weighted by molar-refractivity contribution is -0.121. The standard InChI is InChI=1S/C20H20ClN3O/c21-17-8-6-16(7-9-17)19(24-13-3-4-14-24)15-20(25)23-12-10-18-5-1-2-11-22-18/h1-9,11,13-14,19H,10,12,15H2,(H,23,25)/t19-/m0/s1. The Bertz CT molecular complexity index is 786. The minimum Gasteiger partial charge on any atom is -0.356 e. The zero-order valence-corrected chi connectivity index (χ0v) is 14.6. The number of amides is 1. The average Bonchev–Trinajstić information content (AvgIpc) is 3.16. The van der Waals surface area contributed by atoms with Crippen LogP contribution in [0.5, 0.6) is 0 Å². The molecule has 1 atom stereocenters. The molecule has 1 N–H and O–H groups in total. The first-order valence-corrected chi connectivity index (χ1v) is 8.65. The van der Waals surface area contributed by atoms with E-state index in [1.54, 1.807) is 6.20 Å². The summed E-state index contributed by atoms with van der Waals surface area (Å²) in [5, 5.41) is 3.68. The van der Waals surface area contributed by atoms with Crippen molar-refractivity contribution < 1.29 is 4.79 Å². The van der Waals surface area contributed by atoms with Gasteiger partial charge in [-0.3, -0.25) is 9.78 Å². The molecule has 3 rings (SSSR count). The average molecular weight is 354 g/mol. The number of carbonyl (C=O) groups is 1. The lowest BCUT2D eigenvalue weighted by atomic mass is 10.0. The molecule has 0 saturated carbocycles. The van der Waals surface area contributed by atoms with Crippen LogP contribution in [0.25, 0.3) is 0 Å². The van der Waals surface area contributed by atoms with E-state index < -0.39 is 0 Å². The monoisotopic (exact) mass is 353 g/mol. The molecule has 0 bridgehead atoms. The van der Waals surface area contributed by atoms with Crippen LogP contribution in [0.3, 0.4) is 0 Å². The van der Waals surface area contributed by atoms with Crippen LogP contribution >= 0.6 is 11.6 Å². The van der Waals surface area contributed by atoms with Gasteiger partial charge in [-0.1, -0.05) is 29.8 Å². The van der Waals surface area contributed by atoms with Crippen molar-refractivity contribution in [3.05, 3.63) is 89.5 Å². The molecule has 5 heteroatoms. The molecule has 25 heavy (non-hydrogen) atoms. The van der Waals surface area contributed by atoms with E-state index in [9.17, 15) is 4.79 Å². The molecule has 4 nitrogen and oxygen atoms in total. The highest BCUT2D eigenvalue weighted by molar-refractivity contribution is 6.30. The quantitative estimate of drug-likeness (QED) is 0.700. The SMILES string of the molecule is O=C(C[C@@H](c1ccc(Cl)cc1)n1cccc1)NCCc1ccccn1. The summed E-state index contributed by atoms with van der Waals surface area (Å²) >= 11 is 5.98. The van der Waals surface area contributed by atoms with Gasteiger partial charge in [0.25, 0.3) is 0 Å². The summed E-state index contributed by atoms with van der Waals surface area (Å²) in [5.74, 6) is 0.0181. The number of aromatic nitrogens is 2. The first kappa shape index (κ1) is 17.2. The zero-order valence-electron chi connectivity index (χ0n) is 13.8. The molecule has 0 spiro atoms. The Labute approximate surface area is 152 Å². The van der Waals surface area contributed by atoms with Crippen molar-refractivity contribution in [2.24, 2.45) is 0 Å². The summed E-state index contributed by atoms with van der Waals surface area (Å²) in [4.78, 5) is 16.7. The lowest BCUT2D eigenvalue weighted by Crippen LogP contribution is -2.28. The van der Waals surface area contributed by atoms with Gasteiger partial charge in [0.1, 0.15) is 0 Å². The predicted molar refractivity (Wildman–Crippen MR) is 99.6 cm³/mol. The third-order valence-corrected chi connectivity index (χ3v) is 4.30. The fourth-order valence-corrected chi connectivity index (χ4v) is 2.89. The summed E-state index contributed by atoms with van der Waals surface area (Å²) in [7, 11) is 0. The number of rotatable bonds is 7. The Kier molecular flexibility index (Phi) is 5.86. The first-order valence-electron chi connectivity index (χ1n) is 8.27. The van der Waals surface area contributed by atoms with Gasteiger partial charge in [-0.15, -0.1) is 0 Å². The second-order valence-corrected chi connectivity index (χ2v) is 6.26. The maximum absolute atomic E-state index is 12.4. The molecule has 0 saturated heterocycles. The van der Waals surface area contributed by atoms with Crippen molar-refractivity contribution >= 4 is 17.5 Å². The molecule has 2 heterocycles. The molecule has 3 aromatic rings. The summed E-state index contributed by atoms with van der Waals surface area (Å²) in [6.07, 6.45) is 6.81. The van der Waals surface area contributed by atoms with Crippen LogP contribution in [-0.4, -0.2) is 22.0 Å². The Hall–Kier alpha value is -2.59. The summed E-state index contributed by atoms with van der Waals surface area (Å²) in [6, 6.07) is 17.3. The fourth-order valence-electron chi connectivity index (χ4n) is 2.76. The molecular weight excluding hydrogens is 334 g/mol. The Morgan fingerprint density at radius 3 is 2.52 bits per heavy atom. The van der Waals surface area contributed by atoms with Gasteiger partial charge < -0.3 is 9.88 Å². The van der Waals surface area contributed by atoms with E-state index in [4.69, 9.17) is 11.6 Å². The topological polar surface area (TPSA) is 46.9 Å². The van der Waals surface area contributed by atoms with Crippen molar-refractivity contribution in [3.8, 4) is 0 Å². The van der Waals surface area contributed by atoms with Gasteiger partial charge in [-0.2, -0.15) is 0 Å². The van der Waals surface area contributed by atoms with Crippen molar-refractivity contribution in [2.75, 3.05) is 6.54 Å². The van der Waals surface area contributed by atoms with Crippen molar-refractivity contribution in [1.29, 1.82) is 0 Å². The van der Waals surface area contributed by atoms with E-state index in [0.29, 0.717) is 18.0 Å². The zero-order chi connectivity index (χ0) is 17.5. The Morgan fingerprint density at radius 2 is 1.84 bits per heavy atom. The van der Waals surface area contributed by atoms with Crippen LogP contribution in [-0.2, 0) is 11.2 Å². The van der Waals surface area contributed by atoms with E-state index in [1.807, 2.05) is 71.6 Å². The number of pyridine rings is 1. The molecule has 1 amide bonds. The number of benzene rings is 1. The highest BCUT2D eigenvalue weighted by Crippen LogP contribution is 2.23. The molecule has 0 aliphatic rings. The van der Waals surface area contributed by atoms with Gasteiger partial charge in [-0.05, 0) is 42.0 Å². The molecule has 0 fully saturated rings. The highest BCUT2D eigenvalue weighted by Gasteiger charge is 2.17. The summed E-state index contributed by atoms with van der Waals surface area (Å²) < 4.78 is 2.04. The predicted octanol–water partition coefficient (Wildman–Crippen LogP) is 3.87. The number of hydrogen-bond acceptors (Lipinski definition) is 2. The second-order valence-electron chi connectivity index (χ2n) is 5.82. The third-order valence-electron chi connectivity index (χ3n) is 4.05. The van der Waals surface area contributed by atoms with Gasteiger partial charge in [0.05, 0.1) is 12.5 Å². The molecule has 128 valence electrons. The van der Waals surface area contributed by atoms with Crippen molar-refractivity contribution in [3.63, 3.8) is 0 Å². The molecule has 0 aliphatic heterocycles. The third kappa shape index (κ3) is 4.94. The van der Waals surface area contributed by atoms with E-state index in [0.717, 1.165) is 17.7 Å². The van der Waals surface area contributed by atoms with E-state index in [1.165, 1.54) is 0 Å². The molecular formula is C20H20ClN3O. The van der Waals surface area contributed by atoms with E-state index in [2.05, 4.69) is 10.3 Å². The summed E-state index contributed by atoms with van der Waals surface area (Å²) in [5.41, 5.74) is 2.03. The van der Waals surface area contributed by atoms with E-state index >= 15 is 0 Å². The van der Waals surface area contributed by atoms with E-state index in [-0.39, 0.29) is 11.9 Å². The smallest absolute Gasteiger partial charge is 0.222 e. The maximum atomic E-state index is 12.4. The Balaban J connectivity index is 1.62. The molecule has 0 unspecified atom stereocenters. The van der Waals surface area contributed by atoms with Gasteiger partial charge >= 0.3 is 0 Å². The van der Waals surface area contributed by atoms with Crippen LogP contribution < -0.4 is 5.32 Å². The lowest BCUT2D eigenvalue weighted by Gasteiger charge is -2.19. The second kappa shape index (κ2) is 8.49. The number of hydrogen-bond donors (Lipinski definition) is 1. The molecule has 0 aliphatic carbocycles. The molecule has 2 aromatic heterocycles. The normalized spacial score (nSPS) is 11.9. The van der Waals surface area contributed by atoms with Crippen LogP contribution in [0.2, 0.25) is 5.02 Å². The number of halogens is 1. The van der Waals surface area contributed by atoms with Gasteiger partial charge in [0.2, 0.25) is 5.91 Å². The highest BCUT2D eigenvalue weighted by atomic mass is 35.5. The Morgan fingerprint density at radius 1 is 1.08 bits per heavy atom. The number of carbonyl (C=O) groups excluding carboxylic acids is 1. The van der Waals surface area contributed by atoms with Crippen LogP contribution in [0, 0.1) is 0 Å². The maximum Gasteiger partial charge on any atom is 0.222 e. The minimum absolute atomic E-state index is 0.0181. The summed E-state index contributed by atoms with van der Waals surface area (Å²) in [6.45, 7) is 0.578. The largest absolute Gasteiger partial charge is 0.356 e.